The van der Waals surface area contributed by atoms with E-state index in [-0.39, 0.29) is 5.78 Å². The summed E-state index contributed by atoms with van der Waals surface area (Å²) in [7, 11) is 0. The number of hydrogen-bond acceptors (Lipinski definition) is 3. The first-order valence-electron chi connectivity index (χ1n) is 9.01. The van der Waals surface area contributed by atoms with Crippen LogP contribution in [-0.4, -0.2) is 17.4 Å². The van der Waals surface area contributed by atoms with Gasteiger partial charge in [0.1, 0.15) is 0 Å². The Morgan fingerprint density at radius 2 is 2.04 bits per heavy atom. The van der Waals surface area contributed by atoms with E-state index in [1.165, 1.54) is 19.3 Å². The number of allylic oxidation sites excluding steroid dienone is 1. The minimum absolute atomic E-state index is 0.0489. The standard InChI is InChI=1S/C21H27N2O2/c1-3-5-8-18(4-2)17-25-23-15-12-19(13-16-23)21(24)11-10-20-9-6-7-14-22-20/h6-7,9-16,18H,3-5,8,17H2,1-2H3/q+1. The maximum Gasteiger partial charge on any atom is 0.223 e. The molecular formula is C21H27N2O2+. The van der Waals surface area contributed by atoms with Crippen LogP contribution in [0.1, 0.15) is 55.6 Å². The highest BCUT2D eigenvalue weighted by molar-refractivity contribution is 6.06. The molecular weight excluding hydrogens is 312 g/mol. The van der Waals surface area contributed by atoms with Crippen molar-refractivity contribution in [2.75, 3.05) is 6.61 Å². The predicted molar refractivity (Wildman–Crippen MR) is 99.0 cm³/mol. The Bertz CT molecular complexity index is 666. The van der Waals surface area contributed by atoms with Crippen molar-refractivity contribution in [3.63, 3.8) is 0 Å². The topological polar surface area (TPSA) is 43.1 Å². The molecule has 4 heteroatoms. The van der Waals surface area contributed by atoms with Crippen molar-refractivity contribution in [2.45, 2.75) is 39.5 Å². The van der Waals surface area contributed by atoms with Gasteiger partial charge in [0.25, 0.3) is 0 Å². The average Bonchev–Trinajstić information content (AvgIpc) is 2.67. The van der Waals surface area contributed by atoms with Crippen molar-refractivity contribution in [1.29, 1.82) is 0 Å². The van der Waals surface area contributed by atoms with Crippen LogP contribution in [-0.2, 0) is 0 Å². The lowest BCUT2D eigenvalue weighted by molar-refractivity contribution is -0.892. The summed E-state index contributed by atoms with van der Waals surface area (Å²) in [5.74, 6) is 0.530. The van der Waals surface area contributed by atoms with Gasteiger partial charge in [0, 0.05) is 28.6 Å². The molecule has 0 aliphatic heterocycles. The van der Waals surface area contributed by atoms with E-state index in [9.17, 15) is 4.79 Å². The molecule has 0 aliphatic rings. The number of carbonyl (C=O) groups is 1. The van der Waals surface area contributed by atoms with Gasteiger partial charge in [-0.2, -0.15) is 0 Å². The van der Waals surface area contributed by atoms with Crippen LogP contribution in [0.15, 0.2) is 55.0 Å². The zero-order valence-electron chi connectivity index (χ0n) is 15.1. The highest BCUT2D eigenvalue weighted by Gasteiger charge is 2.11. The molecule has 25 heavy (non-hydrogen) atoms. The smallest absolute Gasteiger partial charge is 0.223 e. The number of hydrogen-bond donors (Lipinski definition) is 0. The number of pyridine rings is 2. The van der Waals surface area contributed by atoms with Crippen LogP contribution in [0.4, 0.5) is 0 Å². The van der Waals surface area contributed by atoms with Crippen LogP contribution in [0.25, 0.3) is 6.08 Å². The number of carbonyl (C=O) groups excluding carboxylic acids is 1. The fourth-order valence-corrected chi connectivity index (χ4v) is 2.48. The maximum atomic E-state index is 12.2. The Labute approximate surface area is 150 Å². The molecule has 132 valence electrons. The van der Waals surface area contributed by atoms with E-state index < -0.39 is 0 Å². The van der Waals surface area contributed by atoms with E-state index in [1.807, 2.05) is 18.2 Å². The van der Waals surface area contributed by atoms with Gasteiger partial charge in [0.05, 0.1) is 5.69 Å². The molecule has 2 aromatic heterocycles. The maximum absolute atomic E-state index is 12.2. The van der Waals surface area contributed by atoms with Crippen molar-refractivity contribution in [1.82, 2.24) is 4.98 Å². The summed E-state index contributed by atoms with van der Waals surface area (Å²) in [6.07, 6.45) is 13.3. The van der Waals surface area contributed by atoms with Crippen LogP contribution >= 0.6 is 0 Å². The van der Waals surface area contributed by atoms with Gasteiger partial charge in [-0.3, -0.25) is 14.6 Å². The Morgan fingerprint density at radius 1 is 1.24 bits per heavy atom. The molecule has 0 aliphatic carbocycles. The van der Waals surface area contributed by atoms with Gasteiger partial charge < -0.3 is 0 Å². The van der Waals surface area contributed by atoms with Crippen LogP contribution in [0.3, 0.4) is 0 Å². The van der Waals surface area contributed by atoms with Crippen LogP contribution in [0.2, 0.25) is 0 Å². The molecule has 0 saturated carbocycles. The molecule has 2 heterocycles. The quantitative estimate of drug-likeness (QED) is 0.374. The minimum atomic E-state index is -0.0489. The summed E-state index contributed by atoms with van der Waals surface area (Å²) in [6, 6.07) is 9.15. The molecule has 0 amide bonds. The third-order valence-corrected chi connectivity index (χ3v) is 4.18. The first kappa shape index (κ1) is 18.8. The average molecular weight is 339 g/mol. The van der Waals surface area contributed by atoms with E-state index in [0.29, 0.717) is 18.1 Å². The lowest BCUT2D eigenvalue weighted by Gasteiger charge is -2.11. The Kier molecular flexibility index (Phi) is 7.83. The van der Waals surface area contributed by atoms with Crippen molar-refractivity contribution < 1.29 is 14.4 Å². The van der Waals surface area contributed by atoms with E-state index in [2.05, 4.69) is 18.8 Å². The Hall–Kier alpha value is -2.49. The second-order valence-corrected chi connectivity index (χ2v) is 6.11. The van der Waals surface area contributed by atoms with Gasteiger partial charge in [0.2, 0.25) is 12.4 Å². The number of unbranched alkanes of at least 4 members (excludes halogenated alkanes) is 1. The summed E-state index contributed by atoms with van der Waals surface area (Å²) < 4.78 is 1.67. The van der Waals surface area contributed by atoms with Gasteiger partial charge in [0.15, 0.2) is 12.4 Å². The molecule has 1 unspecified atom stereocenters. The molecule has 2 aromatic rings. The number of rotatable bonds is 10. The summed E-state index contributed by atoms with van der Waals surface area (Å²) in [5.41, 5.74) is 1.40. The zero-order chi connectivity index (χ0) is 17.9. The summed E-state index contributed by atoms with van der Waals surface area (Å²) in [5, 5.41) is 0. The van der Waals surface area contributed by atoms with E-state index >= 15 is 0 Å². The molecule has 0 saturated heterocycles. The van der Waals surface area contributed by atoms with Crippen LogP contribution in [0, 0.1) is 5.92 Å². The first-order valence-corrected chi connectivity index (χ1v) is 9.01. The monoisotopic (exact) mass is 339 g/mol. The molecule has 0 aromatic carbocycles. The van der Waals surface area contributed by atoms with Gasteiger partial charge in [-0.1, -0.05) is 32.8 Å². The Morgan fingerprint density at radius 3 is 2.68 bits per heavy atom. The predicted octanol–water partition coefficient (Wildman–Crippen LogP) is 3.91. The molecule has 0 fully saturated rings. The number of nitrogens with zero attached hydrogens (tertiary/aromatic N) is 2. The highest BCUT2D eigenvalue weighted by Crippen LogP contribution is 2.11. The normalized spacial score (nSPS) is 12.2. The number of aromatic nitrogens is 2. The lowest BCUT2D eigenvalue weighted by Crippen LogP contribution is -2.44. The summed E-state index contributed by atoms with van der Waals surface area (Å²) >= 11 is 0. The van der Waals surface area contributed by atoms with Gasteiger partial charge in [-0.25, -0.2) is 0 Å². The van der Waals surface area contributed by atoms with Crippen molar-refractivity contribution in [3.8, 4) is 0 Å². The molecule has 2 rings (SSSR count). The first-order chi connectivity index (χ1) is 12.2. The lowest BCUT2D eigenvalue weighted by atomic mass is 10.0. The second kappa shape index (κ2) is 10.4. The van der Waals surface area contributed by atoms with E-state index in [0.717, 1.165) is 12.1 Å². The van der Waals surface area contributed by atoms with Gasteiger partial charge in [-0.15, -0.1) is 0 Å². The zero-order valence-corrected chi connectivity index (χ0v) is 15.1. The molecule has 1 atom stereocenters. The van der Waals surface area contributed by atoms with Crippen molar-refractivity contribution in [3.05, 3.63) is 66.3 Å². The number of ketones is 1. The van der Waals surface area contributed by atoms with Crippen molar-refractivity contribution >= 4 is 11.9 Å². The Balaban J connectivity index is 1.88. The van der Waals surface area contributed by atoms with Gasteiger partial charge >= 0.3 is 0 Å². The largest absolute Gasteiger partial charge is 0.289 e. The molecule has 0 N–H and O–H groups in total. The fraction of sp³-hybridized carbons (Fsp3) is 0.381. The second-order valence-electron chi connectivity index (χ2n) is 6.11. The summed E-state index contributed by atoms with van der Waals surface area (Å²) in [4.78, 5) is 22.2. The van der Waals surface area contributed by atoms with Crippen LogP contribution in [0.5, 0.6) is 0 Å². The van der Waals surface area contributed by atoms with Crippen molar-refractivity contribution in [2.24, 2.45) is 5.92 Å². The third-order valence-electron chi connectivity index (χ3n) is 4.18. The molecule has 4 nitrogen and oxygen atoms in total. The third kappa shape index (κ3) is 6.49. The SMILES string of the molecule is CCCCC(CC)CO[n+]1ccc(C(=O)C=Cc2ccccn2)cc1. The molecule has 0 radical (unpaired) electrons. The fourth-order valence-electron chi connectivity index (χ4n) is 2.48. The summed E-state index contributed by atoms with van der Waals surface area (Å²) in [6.45, 7) is 5.11. The molecule has 0 bridgehead atoms. The van der Waals surface area contributed by atoms with Crippen LogP contribution < -0.4 is 9.57 Å². The minimum Gasteiger partial charge on any atom is -0.289 e. The van der Waals surface area contributed by atoms with E-state index in [1.54, 1.807) is 47.6 Å². The molecule has 0 spiro atoms. The highest BCUT2D eigenvalue weighted by atomic mass is 16.7. The van der Waals surface area contributed by atoms with E-state index in [4.69, 9.17) is 4.84 Å². The van der Waals surface area contributed by atoms with Gasteiger partial charge in [-0.05, 0) is 43.0 Å².